The Balaban J connectivity index is 1.60. The zero-order valence-electron chi connectivity index (χ0n) is 14.4. The summed E-state index contributed by atoms with van der Waals surface area (Å²) in [6.07, 6.45) is 3.87. The lowest BCUT2D eigenvalue weighted by molar-refractivity contribution is 0.0524. The quantitative estimate of drug-likeness (QED) is 0.846. The number of hydrogen-bond donors (Lipinski definition) is 2. The van der Waals surface area contributed by atoms with E-state index in [1.54, 1.807) is 0 Å². The van der Waals surface area contributed by atoms with E-state index in [4.69, 9.17) is 9.47 Å². The molecule has 2 aliphatic rings. The Bertz CT molecular complexity index is 500. The van der Waals surface area contributed by atoms with E-state index in [0.29, 0.717) is 24.6 Å². The van der Waals surface area contributed by atoms with Crippen LogP contribution in [0.1, 0.15) is 37.3 Å². The highest BCUT2D eigenvalue weighted by Crippen LogP contribution is 2.30. The summed E-state index contributed by atoms with van der Waals surface area (Å²) in [5, 5.41) is 7.43. The molecule has 3 unspecified atom stereocenters. The molecule has 3 rings (SSSR count). The zero-order chi connectivity index (χ0) is 16.1. The van der Waals surface area contributed by atoms with Gasteiger partial charge >= 0.3 is 0 Å². The minimum absolute atomic E-state index is 0.508. The van der Waals surface area contributed by atoms with Gasteiger partial charge in [0.1, 0.15) is 5.75 Å². The first-order valence-electron chi connectivity index (χ1n) is 9.04. The van der Waals surface area contributed by atoms with Gasteiger partial charge in [0, 0.05) is 30.7 Å². The highest BCUT2D eigenvalue weighted by Gasteiger charge is 2.34. The van der Waals surface area contributed by atoms with Crippen LogP contribution in [0.2, 0.25) is 0 Å². The summed E-state index contributed by atoms with van der Waals surface area (Å²) in [6, 6.07) is 7.59. The van der Waals surface area contributed by atoms with Gasteiger partial charge in [-0.25, -0.2) is 0 Å². The van der Waals surface area contributed by atoms with Crippen molar-refractivity contribution in [2.75, 3.05) is 26.4 Å². The SMILES string of the molecule is CCOc1cc(C)ccc1CNC1CCCC1C1COCCN1. The van der Waals surface area contributed by atoms with Gasteiger partial charge in [0.05, 0.1) is 19.8 Å². The Labute approximate surface area is 139 Å². The molecule has 0 bridgehead atoms. The lowest BCUT2D eigenvalue weighted by atomic mass is 9.94. The normalized spacial score (nSPS) is 28.0. The molecule has 0 aromatic heterocycles. The van der Waals surface area contributed by atoms with Crippen LogP contribution < -0.4 is 15.4 Å². The van der Waals surface area contributed by atoms with Crippen LogP contribution in [0.4, 0.5) is 0 Å². The minimum atomic E-state index is 0.508. The molecule has 128 valence electrons. The molecule has 1 aromatic rings. The molecule has 1 saturated carbocycles. The molecule has 0 radical (unpaired) electrons. The van der Waals surface area contributed by atoms with E-state index in [9.17, 15) is 0 Å². The van der Waals surface area contributed by atoms with E-state index in [2.05, 4.69) is 35.8 Å². The van der Waals surface area contributed by atoms with E-state index in [1.165, 1.54) is 30.4 Å². The van der Waals surface area contributed by atoms with Gasteiger partial charge in [0.15, 0.2) is 0 Å². The fourth-order valence-corrected chi connectivity index (χ4v) is 3.92. The van der Waals surface area contributed by atoms with Gasteiger partial charge in [0.2, 0.25) is 0 Å². The Hall–Kier alpha value is -1.10. The first-order chi connectivity index (χ1) is 11.3. The predicted octanol–water partition coefficient (Wildman–Crippen LogP) is 2.64. The number of benzene rings is 1. The highest BCUT2D eigenvalue weighted by molar-refractivity contribution is 5.37. The van der Waals surface area contributed by atoms with Crippen LogP contribution in [0.15, 0.2) is 18.2 Å². The standard InChI is InChI=1S/C19H30N2O2/c1-3-23-19-11-14(2)7-8-15(19)12-21-17-6-4-5-16(17)18-13-22-10-9-20-18/h7-8,11,16-18,20-21H,3-6,9-10,12-13H2,1-2H3. The molecule has 2 N–H and O–H groups in total. The maximum absolute atomic E-state index is 5.80. The summed E-state index contributed by atoms with van der Waals surface area (Å²) in [6.45, 7) is 8.44. The Morgan fingerprint density at radius 1 is 1.35 bits per heavy atom. The Morgan fingerprint density at radius 2 is 2.26 bits per heavy atom. The molecular weight excluding hydrogens is 288 g/mol. The van der Waals surface area contributed by atoms with Crippen LogP contribution in [0.25, 0.3) is 0 Å². The molecule has 1 aromatic carbocycles. The van der Waals surface area contributed by atoms with E-state index in [1.807, 2.05) is 6.92 Å². The van der Waals surface area contributed by atoms with Gasteiger partial charge < -0.3 is 20.1 Å². The smallest absolute Gasteiger partial charge is 0.124 e. The maximum atomic E-state index is 5.80. The molecule has 2 fully saturated rings. The van der Waals surface area contributed by atoms with Crippen molar-refractivity contribution in [2.45, 2.75) is 51.7 Å². The van der Waals surface area contributed by atoms with Crippen molar-refractivity contribution < 1.29 is 9.47 Å². The second-order valence-electron chi connectivity index (χ2n) is 6.76. The van der Waals surface area contributed by atoms with Gasteiger partial charge in [-0.3, -0.25) is 0 Å². The van der Waals surface area contributed by atoms with Crippen LogP contribution in [-0.2, 0) is 11.3 Å². The summed E-state index contributed by atoms with van der Waals surface area (Å²) < 4.78 is 11.5. The molecule has 4 heteroatoms. The van der Waals surface area contributed by atoms with E-state index < -0.39 is 0 Å². The third kappa shape index (κ3) is 4.25. The van der Waals surface area contributed by atoms with Crippen LogP contribution in [-0.4, -0.2) is 38.4 Å². The topological polar surface area (TPSA) is 42.5 Å². The number of ether oxygens (including phenoxy) is 2. The van der Waals surface area contributed by atoms with Crippen molar-refractivity contribution in [3.63, 3.8) is 0 Å². The second-order valence-corrected chi connectivity index (χ2v) is 6.76. The van der Waals surface area contributed by atoms with Crippen molar-refractivity contribution in [3.8, 4) is 5.75 Å². The number of aryl methyl sites for hydroxylation is 1. The highest BCUT2D eigenvalue weighted by atomic mass is 16.5. The summed E-state index contributed by atoms with van der Waals surface area (Å²) in [4.78, 5) is 0. The molecule has 1 heterocycles. The summed E-state index contributed by atoms with van der Waals surface area (Å²) in [5.41, 5.74) is 2.51. The second kappa shape index (κ2) is 8.13. The fraction of sp³-hybridized carbons (Fsp3) is 0.684. The van der Waals surface area contributed by atoms with Gasteiger partial charge in [-0.15, -0.1) is 0 Å². The van der Waals surface area contributed by atoms with Crippen molar-refractivity contribution in [1.29, 1.82) is 0 Å². The van der Waals surface area contributed by atoms with E-state index in [-0.39, 0.29) is 0 Å². The third-order valence-corrected chi connectivity index (χ3v) is 5.11. The maximum Gasteiger partial charge on any atom is 0.124 e. The zero-order valence-corrected chi connectivity index (χ0v) is 14.4. The van der Waals surface area contributed by atoms with E-state index >= 15 is 0 Å². The Morgan fingerprint density at radius 3 is 3.04 bits per heavy atom. The van der Waals surface area contributed by atoms with E-state index in [0.717, 1.165) is 32.1 Å². The molecule has 0 spiro atoms. The molecule has 1 aliphatic carbocycles. The molecule has 1 aliphatic heterocycles. The average molecular weight is 318 g/mol. The number of nitrogens with one attached hydrogen (secondary N) is 2. The molecule has 1 saturated heterocycles. The third-order valence-electron chi connectivity index (χ3n) is 5.11. The minimum Gasteiger partial charge on any atom is -0.494 e. The van der Waals surface area contributed by atoms with Crippen molar-refractivity contribution >= 4 is 0 Å². The van der Waals surface area contributed by atoms with Gasteiger partial charge in [-0.05, 0) is 44.2 Å². The fourth-order valence-electron chi connectivity index (χ4n) is 3.92. The summed E-state index contributed by atoms with van der Waals surface area (Å²) >= 11 is 0. The van der Waals surface area contributed by atoms with Crippen LogP contribution in [0.5, 0.6) is 5.75 Å². The lowest BCUT2D eigenvalue weighted by Crippen LogP contribution is -2.50. The molecule has 4 nitrogen and oxygen atoms in total. The number of morpholine rings is 1. The van der Waals surface area contributed by atoms with Crippen LogP contribution in [0, 0.1) is 12.8 Å². The average Bonchev–Trinajstić information content (AvgIpc) is 3.04. The summed E-state index contributed by atoms with van der Waals surface area (Å²) in [5.74, 6) is 1.70. The van der Waals surface area contributed by atoms with Gasteiger partial charge in [0.25, 0.3) is 0 Å². The predicted molar refractivity (Wildman–Crippen MR) is 92.9 cm³/mol. The Kier molecular flexibility index (Phi) is 5.92. The van der Waals surface area contributed by atoms with Crippen molar-refractivity contribution in [3.05, 3.63) is 29.3 Å². The first kappa shape index (κ1) is 16.7. The number of hydrogen-bond acceptors (Lipinski definition) is 4. The first-order valence-corrected chi connectivity index (χ1v) is 9.04. The molecular formula is C19H30N2O2. The van der Waals surface area contributed by atoms with Crippen molar-refractivity contribution in [1.82, 2.24) is 10.6 Å². The van der Waals surface area contributed by atoms with Crippen LogP contribution >= 0.6 is 0 Å². The molecule has 23 heavy (non-hydrogen) atoms. The number of rotatable bonds is 6. The lowest BCUT2D eigenvalue weighted by Gasteiger charge is -2.33. The van der Waals surface area contributed by atoms with Gasteiger partial charge in [-0.2, -0.15) is 0 Å². The summed E-state index contributed by atoms with van der Waals surface area (Å²) in [7, 11) is 0. The monoisotopic (exact) mass is 318 g/mol. The van der Waals surface area contributed by atoms with Crippen molar-refractivity contribution in [2.24, 2.45) is 5.92 Å². The molecule has 0 amide bonds. The van der Waals surface area contributed by atoms with Crippen LogP contribution in [0.3, 0.4) is 0 Å². The van der Waals surface area contributed by atoms with Gasteiger partial charge in [-0.1, -0.05) is 18.6 Å². The largest absolute Gasteiger partial charge is 0.494 e. The molecule has 3 atom stereocenters.